The van der Waals surface area contributed by atoms with Crippen LogP contribution in [0.4, 0.5) is 4.39 Å². The maximum absolute atomic E-state index is 13.3. The Morgan fingerprint density at radius 1 is 1.19 bits per heavy atom. The summed E-state index contributed by atoms with van der Waals surface area (Å²) in [4.78, 5) is 16.5. The van der Waals surface area contributed by atoms with Gasteiger partial charge in [0, 0.05) is 11.1 Å². The Morgan fingerprint density at radius 3 is 2.57 bits per heavy atom. The summed E-state index contributed by atoms with van der Waals surface area (Å²) in [7, 11) is 0. The van der Waals surface area contributed by atoms with Crippen LogP contribution in [0.3, 0.4) is 0 Å². The lowest BCUT2D eigenvalue weighted by Gasteiger charge is -2.19. The van der Waals surface area contributed by atoms with Gasteiger partial charge in [0.25, 0.3) is 0 Å². The zero-order chi connectivity index (χ0) is 15.5. The Labute approximate surface area is 124 Å². The number of pyridine rings is 1. The SMILES string of the molecule is CC(C)(C)NCC(=O)c1cccc(-c2cccc(F)c2)n1. The molecule has 3 nitrogen and oxygen atoms in total. The van der Waals surface area contributed by atoms with Crippen molar-refractivity contribution in [1.82, 2.24) is 10.3 Å². The van der Waals surface area contributed by atoms with Gasteiger partial charge in [0.05, 0.1) is 12.2 Å². The molecule has 0 spiro atoms. The van der Waals surface area contributed by atoms with Crippen LogP contribution in [0.2, 0.25) is 0 Å². The van der Waals surface area contributed by atoms with Gasteiger partial charge in [0.1, 0.15) is 11.5 Å². The average Bonchev–Trinajstić information content (AvgIpc) is 2.44. The summed E-state index contributed by atoms with van der Waals surface area (Å²) < 4.78 is 13.3. The van der Waals surface area contributed by atoms with E-state index in [0.717, 1.165) is 0 Å². The lowest BCUT2D eigenvalue weighted by molar-refractivity contribution is 0.0977. The Morgan fingerprint density at radius 2 is 1.90 bits per heavy atom. The smallest absolute Gasteiger partial charge is 0.194 e. The van der Waals surface area contributed by atoms with Crippen molar-refractivity contribution in [3.05, 3.63) is 54.0 Å². The summed E-state index contributed by atoms with van der Waals surface area (Å²) in [5.74, 6) is -0.399. The third-order valence-corrected chi connectivity index (χ3v) is 2.93. The number of halogens is 1. The molecule has 0 aliphatic carbocycles. The predicted octanol–water partition coefficient (Wildman–Crippen LogP) is 3.46. The van der Waals surface area contributed by atoms with E-state index in [1.807, 2.05) is 20.8 Å². The molecule has 110 valence electrons. The molecule has 21 heavy (non-hydrogen) atoms. The normalized spacial score (nSPS) is 11.4. The van der Waals surface area contributed by atoms with E-state index in [1.165, 1.54) is 12.1 Å². The van der Waals surface area contributed by atoms with Crippen molar-refractivity contribution in [1.29, 1.82) is 0 Å². The van der Waals surface area contributed by atoms with Gasteiger partial charge >= 0.3 is 0 Å². The summed E-state index contributed by atoms with van der Waals surface area (Å²) in [6.45, 7) is 6.22. The highest BCUT2D eigenvalue weighted by Crippen LogP contribution is 2.18. The molecular formula is C17H19FN2O. The molecular weight excluding hydrogens is 267 g/mol. The molecule has 0 saturated heterocycles. The lowest BCUT2D eigenvalue weighted by atomic mass is 10.1. The van der Waals surface area contributed by atoms with E-state index in [4.69, 9.17) is 0 Å². The maximum atomic E-state index is 13.3. The number of nitrogens with one attached hydrogen (secondary N) is 1. The van der Waals surface area contributed by atoms with Gasteiger partial charge in [-0.15, -0.1) is 0 Å². The number of aromatic nitrogens is 1. The van der Waals surface area contributed by atoms with Crippen LogP contribution in [0.15, 0.2) is 42.5 Å². The Hall–Kier alpha value is -2.07. The number of rotatable bonds is 4. The van der Waals surface area contributed by atoms with Crippen molar-refractivity contribution in [2.75, 3.05) is 6.54 Å². The molecule has 0 saturated carbocycles. The van der Waals surface area contributed by atoms with Crippen molar-refractivity contribution >= 4 is 5.78 Å². The van der Waals surface area contributed by atoms with E-state index < -0.39 is 0 Å². The van der Waals surface area contributed by atoms with Gasteiger partial charge in [-0.25, -0.2) is 9.37 Å². The zero-order valence-electron chi connectivity index (χ0n) is 12.5. The number of carbonyl (C=O) groups is 1. The van der Waals surface area contributed by atoms with E-state index in [1.54, 1.807) is 30.3 Å². The van der Waals surface area contributed by atoms with Crippen LogP contribution in [0.5, 0.6) is 0 Å². The van der Waals surface area contributed by atoms with E-state index in [9.17, 15) is 9.18 Å². The first-order valence-corrected chi connectivity index (χ1v) is 6.86. The second kappa shape index (κ2) is 6.14. The molecule has 0 radical (unpaired) electrons. The number of Topliss-reactive ketones (excluding diaryl/α,β-unsaturated/α-hetero) is 1. The van der Waals surface area contributed by atoms with Gasteiger partial charge in [-0.2, -0.15) is 0 Å². The first-order chi connectivity index (χ1) is 9.85. The van der Waals surface area contributed by atoms with E-state index in [2.05, 4.69) is 10.3 Å². The second-order valence-electron chi connectivity index (χ2n) is 5.95. The molecule has 2 aromatic rings. The average molecular weight is 286 g/mol. The van der Waals surface area contributed by atoms with Crippen molar-refractivity contribution < 1.29 is 9.18 Å². The van der Waals surface area contributed by atoms with Crippen LogP contribution in [0, 0.1) is 5.82 Å². The molecule has 0 amide bonds. The molecule has 0 fully saturated rings. The monoisotopic (exact) mass is 286 g/mol. The number of carbonyl (C=O) groups excluding carboxylic acids is 1. The molecule has 4 heteroatoms. The molecule has 2 rings (SSSR count). The van der Waals surface area contributed by atoms with Crippen LogP contribution in [-0.2, 0) is 0 Å². The van der Waals surface area contributed by atoms with Crippen LogP contribution >= 0.6 is 0 Å². The number of hydrogen-bond donors (Lipinski definition) is 1. The van der Waals surface area contributed by atoms with Gasteiger partial charge < -0.3 is 5.32 Å². The van der Waals surface area contributed by atoms with E-state index >= 15 is 0 Å². The molecule has 1 aromatic heterocycles. The van der Waals surface area contributed by atoms with Crippen molar-refractivity contribution in [3.63, 3.8) is 0 Å². The molecule has 0 aliphatic heterocycles. The first-order valence-electron chi connectivity index (χ1n) is 6.86. The van der Waals surface area contributed by atoms with Crippen LogP contribution in [0.1, 0.15) is 31.3 Å². The lowest BCUT2D eigenvalue weighted by Crippen LogP contribution is -2.39. The van der Waals surface area contributed by atoms with Crippen LogP contribution in [0.25, 0.3) is 11.3 Å². The van der Waals surface area contributed by atoms with E-state index in [-0.39, 0.29) is 23.7 Å². The highest BCUT2D eigenvalue weighted by molar-refractivity contribution is 5.96. The summed E-state index contributed by atoms with van der Waals surface area (Å²) >= 11 is 0. The molecule has 0 bridgehead atoms. The number of benzene rings is 1. The zero-order valence-corrected chi connectivity index (χ0v) is 12.5. The third kappa shape index (κ3) is 4.46. The second-order valence-corrected chi connectivity index (χ2v) is 5.95. The molecule has 0 unspecified atom stereocenters. The van der Waals surface area contributed by atoms with Gasteiger partial charge in [0.15, 0.2) is 5.78 Å². The first kappa shape index (κ1) is 15.3. The molecule has 1 N–H and O–H groups in total. The minimum absolute atomic E-state index is 0.0804. The summed E-state index contributed by atoms with van der Waals surface area (Å²) in [6, 6.07) is 11.4. The number of hydrogen-bond acceptors (Lipinski definition) is 3. The Kier molecular flexibility index (Phi) is 4.48. The standard InChI is InChI=1S/C17H19FN2O/c1-17(2,3)19-11-16(21)15-9-5-8-14(20-15)12-6-4-7-13(18)10-12/h4-10,19H,11H2,1-3H3. The molecule has 0 aliphatic rings. The third-order valence-electron chi connectivity index (χ3n) is 2.93. The quantitative estimate of drug-likeness (QED) is 0.875. The van der Waals surface area contributed by atoms with Crippen LogP contribution in [-0.4, -0.2) is 22.9 Å². The molecule has 0 atom stereocenters. The summed E-state index contributed by atoms with van der Waals surface area (Å²) in [5.41, 5.74) is 1.51. The largest absolute Gasteiger partial charge is 0.305 e. The van der Waals surface area contributed by atoms with Gasteiger partial charge in [0.2, 0.25) is 0 Å². The van der Waals surface area contributed by atoms with Crippen molar-refractivity contribution in [2.24, 2.45) is 0 Å². The minimum Gasteiger partial charge on any atom is -0.305 e. The fraction of sp³-hybridized carbons (Fsp3) is 0.294. The van der Waals surface area contributed by atoms with E-state index in [0.29, 0.717) is 17.0 Å². The topological polar surface area (TPSA) is 42.0 Å². The fourth-order valence-corrected chi connectivity index (χ4v) is 1.83. The van der Waals surface area contributed by atoms with Crippen molar-refractivity contribution in [3.8, 4) is 11.3 Å². The van der Waals surface area contributed by atoms with Crippen molar-refractivity contribution in [2.45, 2.75) is 26.3 Å². The Balaban J connectivity index is 2.20. The highest BCUT2D eigenvalue weighted by atomic mass is 19.1. The molecule has 1 aromatic carbocycles. The minimum atomic E-state index is -0.319. The predicted molar refractivity (Wildman–Crippen MR) is 81.7 cm³/mol. The number of ketones is 1. The maximum Gasteiger partial charge on any atom is 0.194 e. The van der Waals surface area contributed by atoms with Gasteiger partial charge in [-0.1, -0.05) is 18.2 Å². The number of nitrogens with zero attached hydrogens (tertiary/aromatic N) is 1. The fourth-order valence-electron chi connectivity index (χ4n) is 1.83. The highest BCUT2D eigenvalue weighted by Gasteiger charge is 2.14. The van der Waals surface area contributed by atoms with Gasteiger partial charge in [-0.05, 0) is 45.0 Å². The van der Waals surface area contributed by atoms with Crippen LogP contribution < -0.4 is 5.32 Å². The molecule has 1 heterocycles. The summed E-state index contributed by atoms with van der Waals surface area (Å²) in [5, 5.41) is 3.14. The summed E-state index contributed by atoms with van der Waals surface area (Å²) in [6.07, 6.45) is 0. The van der Waals surface area contributed by atoms with Gasteiger partial charge in [-0.3, -0.25) is 4.79 Å². The Bertz CT molecular complexity index is 647.